The van der Waals surface area contributed by atoms with Gasteiger partial charge in [0.1, 0.15) is 0 Å². The van der Waals surface area contributed by atoms with Crippen LogP contribution in [0, 0.1) is 13.8 Å². The van der Waals surface area contributed by atoms with Crippen LogP contribution < -0.4 is 0 Å². The Labute approximate surface area is 114 Å². The topological polar surface area (TPSA) is 22.0 Å². The highest BCUT2D eigenvalue weighted by Gasteiger charge is 2.23. The zero-order valence-electron chi connectivity index (χ0n) is 10.5. The third kappa shape index (κ3) is 2.54. The van der Waals surface area contributed by atoms with E-state index in [1.807, 2.05) is 0 Å². The van der Waals surface area contributed by atoms with Gasteiger partial charge in [-0.1, -0.05) is 11.6 Å². The van der Waals surface area contributed by atoms with Crippen molar-refractivity contribution < 1.29 is 13.6 Å². The number of carbonyl (C=O) groups is 1. The lowest BCUT2D eigenvalue weighted by Gasteiger charge is -2.09. The summed E-state index contributed by atoms with van der Waals surface area (Å²) < 4.78 is 26.8. The molecule has 100 valence electrons. The fourth-order valence-corrected chi connectivity index (χ4v) is 2.24. The van der Waals surface area contributed by atoms with E-state index in [0.29, 0.717) is 10.7 Å². The van der Waals surface area contributed by atoms with Crippen LogP contribution in [0.2, 0.25) is 5.02 Å². The minimum Gasteiger partial charge on any atom is -0.318 e. The van der Waals surface area contributed by atoms with Crippen molar-refractivity contribution in [3.8, 4) is 5.69 Å². The van der Waals surface area contributed by atoms with Gasteiger partial charge < -0.3 is 4.57 Å². The number of carbonyl (C=O) groups excluding carboxylic acids is 1. The van der Waals surface area contributed by atoms with Gasteiger partial charge >= 0.3 is 6.43 Å². The maximum Gasteiger partial charge on any atom is 0.300 e. The van der Waals surface area contributed by atoms with E-state index >= 15 is 0 Å². The Hall–Kier alpha value is -1.68. The second kappa shape index (κ2) is 5.13. The Bertz CT molecular complexity index is 617. The molecular weight excluding hydrogens is 272 g/mol. The van der Waals surface area contributed by atoms with E-state index in [1.54, 1.807) is 42.7 Å². The Balaban J connectivity index is 2.54. The maximum atomic E-state index is 12.5. The fraction of sp³-hybridized carbons (Fsp3) is 0.214. The predicted octanol–water partition coefficient (Wildman–Crippen LogP) is 4.20. The number of nitrogens with zero attached hydrogens (tertiary/aromatic N) is 1. The zero-order valence-corrected chi connectivity index (χ0v) is 11.2. The minimum absolute atomic E-state index is 0.0578. The Morgan fingerprint density at radius 1 is 1.21 bits per heavy atom. The normalized spacial score (nSPS) is 11.1. The molecule has 1 aromatic carbocycles. The Kier molecular flexibility index (Phi) is 3.71. The predicted molar refractivity (Wildman–Crippen MR) is 70.6 cm³/mol. The highest BCUT2D eigenvalue weighted by molar-refractivity contribution is 6.30. The van der Waals surface area contributed by atoms with Crippen molar-refractivity contribution in [3.05, 3.63) is 52.3 Å². The van der Waals surface area contributed by atoms with Gasteiger partial charge in [0, 0.05) is 27.7 Å². The highest BCUT2D eigenvalue weighted by Crippen LogP contribution is 2.23. The van der Waals surface area contributed by atoms with Crippen molar-refractivity contribution in [2.45, 2.75) is 20.3 Å². The number of ketones is 1. The van der Waals surface area contributed by atoms with Crippen LogP contribution in [0.15, 0.2) is 30.3 Å². The molecule has 0 N–H and O–H groups in total. The highest BCUT2D eigenvalue weighted by atomic mass is 35.5. The first-order chi connectivity index (χ1) is 8.91. The van der Waals surface area contributed by atoms with E-state index in [9.17, 15) is 13.6 Å². The molecule has 5 heteroatoms. The van der Waals surface area contributed by atoms with Gasteiger partial charge in [-0.3, -0.25) is 4.79 Å². The molecule has 1 aromatic heterocycles. The lowest BCUT2D eigenvalue weighted by atomic mass is 10.1. The van der Waals surface area contributed by atoms with Crippen molar-refractivity contribution in [1.82, 2.24) is 4.57 Å². The van der Waals surface area contributed by atoms with Crippen molar-refractivity contribution in [1.29, 1.82) is 0 Å². The van der Waals surface area contributed by atoms with E-state index in [1.165, 1.54) is 6.07 Å². The molecule has 2 aromatic rings. The molecule has 0 spiro atoms. The summed E-state index contributed by atoms with van der Waals surface area (Å²) in [4.78, 5) is 11.4. The van der Waals surface area contributed by atoms with Gasteiger partial charge in [0.05, 0.1) is 0 Å². The third-order valence-electron chi connectivity index (χ3n) is 2.98. The summed E-state index contributed by atoms with van der Waals surface area (Å²) in [7, 11) is 0. The molecule has 0 bridgehead atoms. The lowest BCUT2D eigenvalue weighted by Crippen LogP contribution is -2.11. The SMILES string of the molecule is Cc1cc(C(=O)C(F)F)c(C)n1-c1ccc(Cl)cc1. The van der Waals surface area contributed by atoms with Crippen molar-refractivity contribution in [2.24, 2.45) is 0 Å². The molecule has 0 radical (unpaired) electrons. The molecule has 0 saturated heterocycles. The summed E-state index contributed by atoms with van der Waals surface area (Å²) in [6.07, 6.45) is -2.99. The quantitative estimate of drug-likeness (QED) is 0.774. The molecule has 0 aliphatic carbocycles. The number of benzene rings is 1. The maximum absolute atomic E-state index is 12.5. The largest absolute Gasteiger partial charge is 0.318 e. The first-order valence-electron chi connectivity index (χ1n) is 5.69. The van der Waals surface area contributed by atoms with E-state index in [-0.39, 0.29) is 5.56 Å². The molecule has 0 atom stereocenters. The molecular formula is C14H12ClF2NO. The first-order valence-corrected chi connectivity index (χ1v) is 6.07. The summed E-state index contributed by atoms with van der Waals surface area (Å²) in [5.41, 5.74) is 2.07. The Morgan fingerprint density at radius 3 is 2.32 bits per heavy atom. The van der Waals surface area contributed by atoms with Crippen molar-refractivity contribution in [3.63, 3.8) is 0 Å². The van der Waals surface area contributed by atoms with Gasteiger partial charge in [0.25, 0.3) is 0 Å². The molecule has 0 saturated carbocycles. The summed E-state index contributed by atoms with van der Waals surface area (Å²) in [6.45, 7) is 3.42. The number of halogens is 3. The molecule has 2 nitrogen and oxygen atoms in total. The van der Waals surface area contributed by atoms with E-state index in [4.69, 9.17) is 11.6 Å². The summed E-state index contributed by atoms with van der Waals surface area (Å²) in [6, 6.07) is 8.46. The monoisotopic (exact) mass is 283 g/mol. The van der Waals surface area contributed by atoms with Gasteiger partial charge in [0.2, 0.25) is 5.78 Å². The van der Waals surface area contributed by atoms with Crippen LogP contribution in [0.5, 0.6) is 0 Å². The second-order valence-corrected chi connectivity index (χ2v) is 4.70. The minimum atomic E-state index is -2.99. The van der Waals surface area contributed by atoms with Crippen LogP contribution in [-0.2, 0) is 0 Å². The van der Waals surface area contributed by atoms with Crippen molar-refractivity contribution >= 4 is 17.4 Å². The van der Waals surface area contributed by atoms with Gasteiger partial charge in [0.15, 0.2) is 0 Å². The number of hydrogen-bond acceptors (Lipinski definition) is 1. The second-order valence-electron chi connectivity index (χ2n) is 4.26. The molecule has 1 heterocycles. The number of Topliss-reactive ketones (excluding diaryl/α,β-unsaturated/α-hetero) is 1. The molecule has 19 heavy (non-hydrogen) atoms. The van der Waals surface area contributed by atoms with E-state index in [0.717, 1.165) is 11.4 Å². The van der Waals surface area contributed by atoms with Gasteiger partial charge in [-0.15, -0.1) is 0 Å². The van der Waals surface area contributed by atoms with Crippen LogP contribution >= 0.6 is 11.6 Å². The number of rotatable bonds is 3. The first kappa shape index (κ1) is 13.7. The van der Waals surface area contributed by atoms with Gasteiger partial charge in [-0.05, 0) is 44.2 Å². The molecule has 0 fully saturated rings. The van der Waals surface area contributed by atoms with Crippen LogP contribution in [0.3, 0.4) is 0 Å². The molecule has 0 amide bonds. The summed E-state index contributed by atoms with van der Waals surface area (Å²) >= 11 is 5.81. The van der Waals surface area contributed by atoms with Crippen LogP contribution in [0.25, 0.3) is 5.69 Å². The van der Waals surface area contributed by atoms with E-state index < -0.39 is 12.2 Å². The number of aromatic nitrogens is 1. The third-order valence-corrected chi connectivity index (χ3v) is 3.23. The lowest BCUT2D eigenvalue weighted by molar-refractivity contribution is 0.0678. The average Bonchev–Trinajstić information content (AvgIpc) is 2.65. The average molecular weight is 284 g/mol. The van der Waals surface area contributed by atoms with Crippen molar-refractivity contribution in [2.75, 3.05) is 0 Å². The molecule has 2 rings (SSSR count). The number of aryl methyl sites for hydroxylation is 1. The zero-order chi connectivity index (χ0) is 14.2. The van der Waals surface area contributed by atoms with Crippen LogP contribution in [0.1, 0.15) is 21.7 Å². The fourth-order valence-electron chi connectivity index (χ4n) is 2.12. The number of hydrogen-bond donors (Lipinski definition) is 0. The molecule has 0 unspecified atom stereocenters. The molecule has 0 aliphatic heterocycles. The Morgan fingerprint density at radius 2 is 1.79 bits per heavy atom. The van der Waals surface area contributed by atoms with Crippen LogP contribution in [-0.4, -0.2) is 16.8 Å². The summed E-state index contributed by atoms with van der Waals surface area (Å²) in [5, 5.41) is 0.593. The van der Waals surface area contributed by atoms with E-state index in [2.05, 4.69) is 0 Å². The van der Waals surface area contributed by atoms with Crippen LogP contribution in [0.4, 0.5) is 8.78 Å². The molecule has 0 aliphatic rings. The van der Waals surface area contributed by atoms with Gasteiger partial charge in [-0.25, -0.2) is 8.78 Å². The summed E-state index contributed by atoms with van der Waals surface area (Å²) in [5.74, 6) is -1.15. The standard InChI is InChI=1S/C14H12ClF2NO/c1-8-7-12(13(19)14(16)17)9(2)18(8)11-5-3-10(15)4-6-11/h3-7,14H,1-2H3. The van der Waals surface area contributed by atoms with Gasteiger partial charge in [-0.2, -0.15) is 0 Å². The number of alkyl halides is 2. The smallest absolute Gasteiger partial charge is 0.300 e.